The number of hydrogen-bond donors (Lipinski definition) is 2. The molecule has 7 heteroatoms. The molecule has 7 nitrogen and oxygen atoms in total. The van der Waals surface area contributed by atoms with Gasteiger partial charge in [-0.1, -0.05) is 30.3 Å². The Bertz CT molecular complexity index is 852. The van der Waals surface area contributed by atoms with Crippen molar-refractivity contribution in [2.75, 3.05) is 26.2 Å². The molecule has 2 aromatic carbocycles. The maximum atomic E-state index is 12.4. The van der Waals surface area contributed by atoms with Crippen molar-refractivity contribution < 1.29 is 19.1 Å². The van der Waals surface area contributed by atoms with Crippen molar-refractivity contribution in [3.8, 4) is 5.75 Å². The highest BCUT2D eigenvalue weighted by molar-refractivity contribution is 5.97. The van der Waals surface area contributed by atoms with Gasteiger partial charge in [0.05, 0.1) is 6.54 Å². The van der Waals surface area contributed by atoms with Crippen LogP contribution < -0.4 is 15.4 Å². The van der Waals surface area contributed by atoms with Gasteiger partial charge in [0, 0.05) is 25.2 Å². The molecule has 1 atom stereocenters. The lowest BCUT2D eigenvalue weighted by atomic mass is 10.1. The molecule has 0 aliphatic carbocycles. The molecule has 0 bridgehead atoms. The maximum absolute atomic E-state index is 12.4. The highest BCUT2D eigenvalue weighted by atomic mass is 16.5. The first-order valence-corrected chi connectivity index (χ1v) is 9.60. The van der Waals surface area contributed by atoms with Crippen LogP contribution in [0, 0.1) is 0 Å². The second kappa shape index (κ2) is 9.84. The van der Waals surface area contributed by atoms with Gasteiger partial charge in [0.2, 0.25) is 5.91 Å². The van der Waals surface area contributed by atoms with E-state index in [-0.39, 0.29) is 24.1 Å². The van der Waals surface area contributed by atoms with E-state index in [0.29, 0.717) is 37.6 Å². The Balaban J connectivity index is 1.50. The van der Waals surface area contributed by atoms with Crippen LogP contribution >= 0.6 is 0 Å². The second-order valence-electron chi connectivity index (χ2n) is 6.90. The SMILES string of the molecule is CC(=O)C1CNCCN1C(=O)CNC(=O)c1ccc(OCc2ccccc2)cc1. The third kappa shape index (κ3) is 5.65. The smallest absolute Gasteiger partial charge is 0.251 e. The first kappa shape index (κ1) is 20.5. The lowest BCUT2D eigenvalue weighted by Crippen LogP contribution is -2.58. The summed E-state index contributed by atoms with van der Waals surface area (Å²) in [6, 6.07) is 16.1. The van der Waals surface area contributed by atoms with Gasteiger partial charge >= 0.3 is 0 Å². The maximum Gasteiger partial charge on any atom is 0.251 e. The zero-order valence-corrected chi connectivity index (χ0v) is 16.4. The van der Waals surface area contributed by atoms with Gasteiger partial charge in [-0.05, 0) is 36.8 Å². The molecular formula is C22H25N3O4. The zero-order chi connectivity index (χ0) is 20.6. The summed E-state index contributed by atoms with van der Waals surface area (Å²) in [4.78, 5) is 38.0. The van der Waals surface area contributed by atoms with Crippen molar-refractivity contribution in [2.45, 2.75) is 19.6 Å². The molecular weight excluding hydrogens is 370 g/mol. The monoisotopic (exact) mass is 395 g/mol. The van der Waals surface area contributed by atoms with Crippen LogP contribution in [0.4, 0.5) is 0 Å². The fraction of sp³-hybridized carbons (Fsp3) is 0.318. The van der Waals surface area contributed by atoms with Crippen molar-refractivity contribution in [3.05, 3.63) is 65.7 Å². The Labute approximate surface area is 170 Å². The number of ketones is 1. The van der Waals surface area contributed by atoms with Crippen LogP contribution in [0.3, 0.4) is 0 Å². The minimum absolute atomic E-state index is 0.0667. The Morgan fingerprint density at radius 1 is 1.10 bits per heavy atom. The number of piperazine rings is 1. The van der Waals surface area contributed by atoms with E-state index in [0.717, 1.165) is 5.56 Å². The zero-order valence-electron chi connectivity index (χ0n) is 16.4. The fourth-order valence-corrected chi connectivity index (χ4v) is 3.17. The normalized spacial score (nSPS) is 16.2. The predicted octanol–water partition coefficient (Wildman–Crippen LogP) is 1.38. The minimum atomic E-state index is -0.478. The van der Waals surface area contributed by atoms with E-state index >= 15 is 0 Å². The second-order valence-corrected chi connectivity index (χ2v) is 6.90. The van der Waals surface area contributed by atoms with Crippen molar-refractivity contribution in [1.29, 1.82) is 0 Å². The van der Waals surface area contributed by atoms with Crippen molar-refractivity contribution in [3.63, 3.8) is 0 Å². The Hall–Kier alpha value is -3.19. The lowest BCUT2D eigenvalue weighted by Gasteiger charge is -2.34. The number of amides is 2. The molecule has 1 saturated heterocycles. The number of rotatable bonds is 7. The standard InChI is InChI=1S/C22H25N3O4/c1-16(26)20-13-23-11-12-25(20)21(27)14-24-22(28)18-7-9-19(10-8-18)29-15-17-5-3-2-4-6-17/h2-10,20,23H,11-15H2,1H3,(H,24,28). The molecule has 1 heterocycles. The third-order valence-corrected chi connectivity index (χ3v) is 4.80. The molecule has 2 N–H and O–H groups in total. The van der Waals surface area contributed by atoms with Crippen LogP contribution in [-0.4, -0.2) is 54.7 Å². The molecule has 2 aromatic rings. The first-order chi connectivity index (χ1) is 14.0. The molecule has 29 heavy (non-hydrogen) atoms. The summed E-state index contributed by atoms with van der Waals surface area (Å²) >= 11 is 0. The highest BCUT2D eigenvalue weighted by Gasteiger charge is 2.29. The van der Waals surface area contributed by atoms with Crippen LogP contribution in [0.25, 0.3) is 0 Å². The molecule has 2 amide bonds. The Morgan fingerprint density at radius 3 is 2.52 bits per heavy atom. The van der Waals surface area contributed by atoms with Crippen LogP contribution in [0.5, 0.6) is 5.75 Å². The summed E-state index contributed by atoms with van der Waals surface area (Å²) < 4.78 is 5.71. The van der Waals surface area contributed by atoms with Crippen LogP contribution in [0.1, 0.15) is 22.8 Å². The summed E-state index contributed by atoms with van der Waals surface area (Å²) in [5.74, 6) is -0.0140. The third-order valence-electron chi connectivity index (χ3n) is 4.80. The van der Waals surface area contributed by atoms with E-state index in [1.807, 2.05) is 30.3 Å². The van der Waals surface area contributed by atoms with Gasteiger partial charge in [0.25, 0.3) is 5.91 Å². The van der Waals surface area contributed by atoms with Gasteiger partial charge in [-0.2, -0.15) is 0 Å². The van der Waals surface area contributed by atoms with Gasteiger partial charge < -0.3 is 20.3 Å². The molecule has 1 unspecified atom stereocenters. The molecule has 1 aliphatic heterocycles. The van der Waals surface area contributed by atoms with Crippen LogP contribution in [0.2, 0.25) is 0 Å². The van der Waals surface area contributed by atoms with Crippen molar-refractivity contribution in [2.24, 2.45) is 0 Å². The van der Waals surface area contributed by atoms with Crippen molar-refractivity contribution >= 4 is 17.6 Å². The van der Waals surface area contributed by atoms with Gasteiger partial charge in [-0.3, -0.25) is 14.4 Å². The summed E-state index contributed by atoms with van der Waals surface area (Å²) in [6.07, 6.45) is 0. The number of carbonyl (C=O) groups is 3. The highest BCUT2D eigenvalue weighted by Crippen LogP contribution is 2.14. The molecule has 0 radical (unpaired) electrons. The Morgan fingerprint density at radius 2 is 1.83 bits per heavy atom. The molecule has 0 aromatic heterocycles. The van der Waals surface area contributed by atoms with Gasteiger partial charge in [-0.25, -0.2) is 0 Å². The van der Waals surface area contributed by atoms with Gasteiger partial charge in [0.15, 0.2) is 5.78 Å². The first-order valence-electron chi connectivity index (χ1n) is 9.60. The average molecular weight is 395 g/mol. The largest absolute Gasteiger partial charge is 0.489 e. The topological polar surface area (TPSA) is 87.7 Å². The summed E-state index contributed by atoms with van der Waals surface area (Å²) in [5, 5.41) is 5.73. The minimum Gasteiger partial charge on any atom is -0.489 e. The molecule has 1 aliphatic rings. The molecule has 1 fully saturated rings. The number of nitrogens with one attached hydrogen (secondary N) is 2. The number of hydrogen-bond acceptors (Lipinski definition) is 5. The van der Waals surface area contributed by atoms with Crippen LogP contribution in [0.15, 0.2) is 54.6 Å². The Kier molecular flexibility index (Phi) is 6.97. The van der Waals surface area contributed by atoms with E-state index in [4.69, 9.17) is 4.74 Å². The van der Waals surface area contributed by atoms with E-state index in [1.54, 1.807) is 24.3 Å². The number of ether oxygens (including phenoxy) is 1. The van der Waals surface area contributed by atoms with E-state index in [2.05, 4.69) is 10.6 Å². The fourth-order valence-electron chi connectivity index (χ4n) is 3.17. The van der Waals surface area contributed by atoms with E-state index < -0.39 is 6.04 Å². The quantitative estimate of drug-likeness (QED) is 0.740. The average Bonchev–Trinajstić information content (AvgIpc) is 2.76. The van der Waals surface area contributed by atoms with Gasteiger partial charge in [0.1, 0.15) is 18.4 Å². The summed E-state index contributed by atoms with van der Waals surface area (Å²) in [5.41, 5.74) is 1.50. The van der Waals surface area contributed by atoms with Gasteiger partial charge in [-0.15, -0.1) is 0 Å². The lowest BCUT2D eigenvalue weighted by molar-refractivity contribution is -0.139. The number of Topliss-reactive ketones (excluding diaryl/α,β-unsaturated/α-hetero) is 1. The van der Waals surface area contributed by atoms with E-state index in [9.17, 15) is 14.4 Å². The molecule has 3 rings (SSSR count). The summed E-state index contributed by atoms with van der Waals surface area (Å²) in [7, 11) is 0. The van der Waals surface area contributed by atoms with E-state index in [1.165, 1.54) is 11.8 Å². The molecule has 0 saturated carbocycles. The van der Waals surface area contributed by atoms with Crippen molar-refractivity contribution in [1.82, 2.24) is 15.5 Å². The van der Waals surface area contributed by atoms with Crippen LogP contribution in [-0.2, 0) is 16.2 Å². The number of nitrogens with zero attached hydrogens (tertiary/aromatic N) is 1. The predicted molar refractivity (Wildman–Crippen MR) is 109 cm³/mol. The summed E-state index contributed by atoms with van der Waals surface area (Å²) in [6.45, 7) is 3.30. The molecule has 152 valence electrons. The number of carbonyl (C=O) groups excluding carboxylic acids is 3. The number of benzene rings is 2. The molecule has 0 spiro atoms.